The molecule has 2 rings (SSSR count). The van der Waals surface area contributed by atoms with E-state index in [4.69, 9.17) is 0 Å². The Hall–Kier alpha value is -2.13. The molecule has 3 heteroatoms. The quantitative estimate of drug-likeness (QED) is 0.764. The summed E-state index contributed by atoms with van der Waals surface area (Å²) >= 11 is 0. The summed E-state index contributed by atoms with van der Waals surface area (Å²) in [5.41, 5.74) is 3.46. The van der Waals surface area contributed by atoms with Crippen LogP contribution in [0.3, 0.4) is 0 Å². The maximum atomic E-state index is 10.9. The fourth-order valence-electron chi connectivity index (χ4n) is 2.20. The zero-order chi connectivity index (χ0) is 14.9. The Bertz CT molecular complexity index is 549. The van der Waals surface area contributed by atoms with Gasteiger partial charge < -0.3 is 10.6 Å². The molecule has 3 nitrogen and oxygen atoms in total. The van der Waals surface area contributed by atoms with Crippen LogP contribution in [0.4, 0.5) is 5.69 Å². The summed E-state index contributed by atoms with van der Waals surface area (Å²) in [5.74, 6) is -0.0400. The standard InChI is InChI=1S/C18H22N2O/c1-15(21)20-18-11-9-17(10-12-18)14-19-13-5-8-16-6-3-2-4-7-16/h2-4,6-7,9-12,19H,5,8,13-14H2,1H3,(H,20,21). The summed E-state index contributed by atoms with van der Waals surface area (Å²) in [6, 6.07) is 18.5. The number of amides is 1. The second kappa shape index (κ2) is 8.22. The number of aryl methyl sites for hydroxylation is 1. The molecule has 0 radical (unpaired) electrons. The van der Waals surface area contributed by atoms with Gasteiger partial charge in [0.2, 0.25) is 5.91 Å². The van der Waals surface area contributed by atoms with Crippen molar-refractivity contribution in [3.63, 3.8) is 0 Å². The Balaban J connectivity index is 1.65. The van der Waals surface area contributed by atoms with Gasteiger partial charge in [0, 0.05) is 19.2 Å². The van der Waals surface area contributed by atoms with Crippen molar-refractivity contribution >= 4 is 11.6 Å². The Morgan fingerprint density at radius 1 is 0.952 bits per heavy atom. The third kappa shape index (κ3) is 5.79. The van der Waals surface area contributed by atoms with Crippen LogP contribution in [-0.2, 0) is 17.8 Å². The van der Waals surface area contributed by atoms with Crippen LogP contribution in [0.1, 0.15) is 24.5 Å². The highest BCUT2D eigenvalue weighted by atomic mass is 16.1. The highest BCUT2D eigenvalue weighted by Crippen LogP contribution is 2.09. The van der Waals surface area contributed by atoms with Gasteiger partial charge in [-0.25, -0.2) is 0 Å². The molecule has 0 heterocycles. The maximum absolute atomic E-state index is 10.9. The Kier molecular flexibility index (Phi) is 5.98. The van der Waals surface area contributed by atoms with Crippen molar-refractivity contribution in [2.24, 2.45) is 0 Å². The molecule has 0 saturated carbocycles. The number of nitrogens with one attached hydrogen (secondary N) is 2. The summed E-state index contributed by atoms with van der Waals surface area (Å²) in [6.45, 7) is 3.37. The van der Waals surface area contributed by atoms with Gasteiger partial charge in [0.25, 0.3) is 0 Å². The van der Waals surface area contributed by atoms with E-state index in [1.807, 2.05) is 30.3 Å². The van der Waals surface area contributed by atoms with Crippen LogP contribution in [0.15, 0.2) is 54.6 Å². The van der Waals surface area contributed by atoms with E-state index < -0.39 is 0 Å². The highest BCUT2D eigenvalue weighted by molar-refractivity contribution is 5.88. The smallest absolute Gasteiger partial charge is 0.221 e. The molecule has 2 aromatic carbocycles. The van der Waals surface area contributed by atoms with E-state index in [9.17, 15) is 4.79 Å². The first-order valence-corrected chi connectivity index (χ1v) is 7.35. The lowest BCUT2D eigenvalue weighted by Crippen LogP contribution is -2.15. The van der Waals surface area contributed by atoms with Gasteiger partial charge in [-0.1, -0.05) is 42.5 Å². The molecule has 0 atom stereocenters. The van der Waals surface area contributed by atoms with Crippen molar-refractivity contribution in [1.82, 2.24) is 5.32 Å². The van der Waals surface area contributed by atoms with Gasteiger partial charge in [0.15, 0.2) is 0 Å². The van der Waals surface area contributed by atoms with Crippen molar-refractivity contribution in [3.05, 3.63) is 65.7 Å². The van der Waals surface area contributed by atoms with Crippen molar-refractivity contribution in [2.75, 3.05) is 11.9 Å². The van der Waals surface area contributed by atoms with Crippen molar-refractivity contribution in [2.45, 2.75) is 26.3 Å². The number of rotatable bonds is 7. The largest absolute Gasteiger partial charge is 0.326 e. The predicted octanol–water partition coefficient (Wildman–Crippen LogP) is 3.37. The summed E-state index contributed by atoms with van der Waals surface area (Å²) in [6.07, 6.45) is 2.24. The number of benzene rings is 2. The average Bonchev–Trinajstić information content (AvgIpc) is 2.49. The van der Waals surface area contributed by atoms with Gasteiger partial charge in [-0.3, -0.25) is 4.79 Å². The summed E-state index contributed by atoms with van der Waals surface area (Å²) in [4.78, 5) is 10.9. The molecular weight excluding hydrogens is 260 g/mol. The minimum absolute atomic E-state index is 0.0400. The van der Waals surface area contributed by atoms with Gasteiger partial charge in [0.1, 0.15) is 0 Å². The van der Waals surface area contributed by atoms with E-state index >= 15 is 0 Å². The van der Waals surface area contributed by atoms with Crippen LogP contribution in [0.25, 0.3) is 0 Å². The molecule has 0 spiro atoms. The molecule has 1 amide bonds. The monoisotopic (exact) mass is 282 g/mol. The minimum Gasteiger partial charge on any atom is -0.326 e. The second-order valence-electron chi connectivity index (χ2n) is 5.14. The van der Waals surface area contributed by atoms with Crippen molar-refractivity contribution < 1.29 is 4.79 Å². The van der Waals surface area contributed by atoms with E-state index in [-0.39, 0.29) is 5.91 Å². The maximum Gasteiger partial charge on any atom is 0.221 e. The van der Waals surface area contributed by atoms with Crippen LogP contribution >= 0.6 is 0 Å². The molecule has 0 aliphatic rings. The van der Waals surface area contributed by atoms with E-state index in [1.54, 1.807) is 0 Å². The lowest BCUT2D eigenvalue weighted by molar-refractivity contribution is -0.114. The molecule has 0 fully saturated rings. The minimum atomic E-state index is -0.0400. The summed E-state index contributed by atoms with van der Waals surface area (Å²) in [5, 5.41) is 6.21. The molecule has 110 valence electrons. The normalized spacial score (nSPS) is 10.3. The molecule has 0 aliphatic carbocycles. The number of carbonyl (C=O) groups excluding carboxylic acids is 1. The fourth-order valence-corrected chi connectivity index (χ4v) is 2.20. The molecule has 0 aliphatic heterocycles. The van der Waals surface area contributed by atoms with Gasteiger partial charge in [-0.15, -0.1) is 0 Å². The molecule has 2 N–H and O–H groups in total. The predicted molar refractivity (Wildman–Crippen MR) is 87.2 cm³/mol. The van der Waals surface area contributed by atoms with Crippen LogP contribution in [0.5, 0.6) is 0 Å². The molecule has 0 saturated heterocycles. The van der Waals surface area contributed by atoms with Crippen LogP contribution in [-0.4, -0.2) is 12.5 Å². The number of hydrogen-bond acceptors (Lipinski definition) is 2. The van der Waals surface area contributed by atoms with Crippen LogP contribution in [0, 0.1) is 0 Å². The number of anilines is 1. The Labute approximate surface area is 126 Å². The molecular formula is C18H22N2O. The topological polar surface area (TPSA) is 41.1 Å². The van der Waals surface area contributed by atoms with Crippen molar-refractivity contribution in [3.8, 4) is 0 Å². The molecule has 2 aromatic rings. The first kappa shape index (κ1) is 15.3. The average molecular weight is 282 g/mol. The van der Waals surface area contributed by atoms with E-state index in [0.717, 1.165) is 31.6 Å². The van der Waals surface area contributed by atoms with Crippen molar-refractivity contribution in [1.29, 1.82) is 0 Å². The van der Waals surface area contributed by atoms with Gasteiger partial charge in [-0.2, -0.15) is 0 Å². The lowest BCUT2D eigenvalue weighted by atomic mass is 10.1. The summed E-state index contributed by atoms with van der Waals surface area (Å²) in [7, 11) is 0. The van der Waals surface area contributed by atoms with E-state index in [1.165, 1.54) is 18.1 Å². The first-order chi connectivity index (χ1) is 10.2. The van der Waals surface area contributed by atoms with Crippen LogP contribution in [0.2, 0.25) is 0 Å². The lowest BCUT2D eigenvalue weighted by Gasteiger charge is -2.07. The van der Waals surface area contributed by atoms with Gasteiger partial charge in [0.05, 0.1) is 0 Å². The SMILES string of the molecule is CC(=O)Nc1ccc(CNCCCc2ccccc2)cc1. The van der Waals surface area contributed by atoms with Gasteiger partial charge >= 0.3 is 0 Å². The third-order valence-corrected chi connectivity index (χ3v) is 3.27. The summed E-state index contributed by atoms with van der Waals surface area (Å²) < 4.78 is 0. The van der Waals surface area contributed by atoms with E-state index in [2.05, 4.69) is 34.9 Å². The highest BCUT2D eigenvalue weighted by Gasteiger charge is 1.97. The molecule has 0 bridgehead atoms. The fraction of sp³-hybridized carbons (Fsp3) is 0.278. The second-order valence-corrected chi connectivity index (χ2v) is 5.14. The van der Waals surface area contributed by atoms with Gasteiger partial charge in [-0.05, 0) is 42.6 Å². The Morgan fingerprint density at radius 3 is 2.33 bits per heavy atom. The number of carbonyl (C=O) groups is 1. The molecule has 0 aromatic heterocycles. The zero-order valence-corrected chi connectivity index (χ0v) is 12.4. The van der Waals surface area contributed by atoms with Crippen LogP contribution < -0.4 is 10.6 Å². The zero-order valence-electron chi connectivity index (χ0n) is 12.4. The Morgan fingerprint density at radius 2 is 1.67 bits per heavy atom. The number of hydrogen-bond donors (Lipinski definition) is 2. The van der Waals surface area contributed by atoms with E-state index in [0.29, 0.717) is 0 Å². The third-order valence-electron chi connectivity index (χ3n) is 3.27. The molecule has 0 unspecified atom stereocenters. The molecule has 21 heavy (non-hydrogen) atoms. The first-order valence-electron chi connectivity index (χ1n) is 7.35.